The van der Waals surface area contributed by atoms with E-state index in [9.17, 15) is 16.8 Å². The van der Waals surface area contributed by atoms with Gasteiger partial charge in [-0.1, -0.05) is 0 Å². The Kier molecular flexibility index (Phi) is 10.1. The van der Waals surface area contributed by atoms with Crippen LogP contribution in [0.15, 0.2) is 0 Å². The van der Waals surface area contributed by atoms with Crippen molar-refractivity contribution in [3.63, 3.8) is 0 Å². The van der Waals surface area contributed by atoms with Gasteiger partial charge in [0.2, 0.25) is 0 Å². The quantitative estimate of drug-likeness (QED) is 0.351. The summed E-state index contributed by atoms with van der Waals surface area (Å²) < 4.78 is 55.4. The summed E-state index contributed by atoms with van der Waals surface area (Å²) in [5, 5.41) is 0. The molecule has 0 saturated heterocycles. The number of hydrogen-bond donors (Lipinski definition) is 2. The zero-order valence-corrected chi connectivity index (χ0v) is 8.39. The Morgan fingerprint density at radius 2 is 1.00 bits per heavy atom. The number of hydrogen-bond acceptors (Lipinski definition) is 4. The molecule has 0 radical (unpaired) electrons. The fourth-order valence-electron chi connectivity index (χ4n) is 0.211. The maximum atomic E-state index is 9.86. The van der Waals surface area contributed by atoms with Gasteiger partial charge in [0.15, 0.2) is 0 Å². The molecule has 66 valence electrons. The molecule has 10 heteroatoms. The molecule has 2 N–H and O–H groups in total. The Hall–Kier alpha value is 1.01. The van der Waals surface area contributed by atoms with Crippen LogP contribution in [-0.2, 0) is 20.2 Å². The molecule has 0 amide bonds. The van der Waals surface area contributed by atoms with Crippen molar-refractivity contribution in [3.05, 3.63) is 0 Å². The molecule has 0 atom stereocenters. The smallest absolute Gasteiger partial charge is 1.00 e. The van der Waals surface area contributed by atoms with Crippen molar-refractivity contribution < 1.29 is 66.5 Å². The fraction of sp³-hybridized carbons (Fsp3) is 1.00. The van der Waals surface area contributed by atoms with Crippen molar-refractivity contribution >= 4 is 20.2 Å². The van der Waals surface area contributed by atoms with E-state index < -0.39 is 31.7 Å². The normalized spacial score (nSPS) is 11.2. The molecule has 0 saturated carbocycles. The third-order valence-corrected chi connectivity index (χ3v) is 2.30. The second kappa shape index (κ2) is 6.47. The van der Waals surface area contributed by atoms with E-state index in [0.717, 1.165) is 0 Å². The monoisotopic (exact) mass is 206 g/mol. The predicted molar refractivity (Wildman–Crippen MR) is 35.1 cm³/mol. The van der Waals surface area contributed by atoms with Crippen molar-refractivity contribution in [3.8, 4) is 0 Å². The first-order valence-electron chi connectivity index (χ1n) is 2.11. The molecular formula is C2H8Li2O6S2. The first-order chi connectivity index (χ1) is 4.21. The summed E-state index contributed by atoms with van der Waals surface area (Å²) in [7, 11) is -8.59. The average molecular weight is 206 g/mol. The van der Waals surface area contributed by atoms with Gasteiger partial charge >= 0.3 is 37.7 Å². The van der Waals surface area contributed by atoms with Gasteiger partial charge in [0, 0.05) is 0 Å². The molecule has 0 heterocycles. The van der Waals surface area contributed by atoms with Crippen molar-refractivity contribution in [2.75, 3.05) is 11.5 Å². The van der Waals surface area contributed by atoms with Gasteiger partial charge in [0.05, 0.1) is 11.5 Å². The van der Waals surface area contributed by atoms with E-state index in [0.29, 0.717) is 0 Å². The van der Waals surface area contributed by atoms with Gasteiger partial charge in [-0.2, -0.15) is 16.8 Å². The zero-order valence-electron chi connectivity index (χ0n) is 8.76. The van der Waals surface area contributed by atoms with E-state index in [1.807, 2.05) is 0 Å². The van der Waals surface area contributed by atoms with Crippen LogP contribution < -0.4 is 37.7 Å². The summed E-state index contributed by atoms with van der Waals surface area (Å²) in [6.07, 6.45) is 0. The molecule has 0 aliphatic heterocycles. The summed E-state index contributed by atoms with van der Waals surface area (Å²) in [5.74, 6) is -1.96. The van der Waals surface area contributed by atoms with Gasteiger partial charge in [-0.3, -0.25) is 9.11 Å². The van der Waals surface area contributed by atoms with Crippen LogP contribution in [0.3, 0.4) is 0 Å². The third-order valence-electron chi connectivity index (χ3n) is 0.599. The second-order valence-corrected chi connectivity index (χ2v) is 4.72. The van der Waals surface area contributed by atoms with Crippen molar-refractivity contribution in [1.82, 2.24) is 0 Å². The Morgan fingerprint density at radius 1 is 0.833 bits per heavy atom. The Morgan fingerprint density at radius 3 is 1.08 bits per heavy atom. The van der Waals surface area contributed by atoms with Crippen LogP contribution >= 0.6 is 0 Å². The predicted octanol–water partition coefficient (Wildman–Crippen LogP) is -7.00. The molecule has 0 aromatic carbocycles. The molecular weight excluding hydrogens is 198 g/mol. The van der Waals surface area contributed by atoms with Gasteiger partial charge in [0.1, 0.15) is 0 Å². The van der Waals surface area contributed by atoms with Crippen LogP contribution in [0.4, 0.5) is 0 Å². The van der Waals surface area contributed by atoms with Gasteiger partial charge < -0.3 is 2.85 Å². The molecule has 0 aliphatic carbocycles. The topological polar surface area (TPSA) is 109 Å². The number of rotatable bonds is 3. The molecule has 0 aromatic heterocycles. The minimum atomic E-state index is -4.30. The van der Waals surface area contributed by atoms with Gasteiger partial charge in [-0.15, -0.1) is 0 Å². The Bertz CT molecular complexity index is 266. The van der Waals surface area contributed by atoms with E-state index in [4.69, 9.17) is 9.11 Å². The Labute approximate surface area is 97.9 Å². The van der Waals surface area contributed by atoms with E-state index >= 15 is 0 Å². The first-order valence-corrected chi connectivity index (χ1v) is 5.33. The first kappa shape index (κ1) is 18.7. The molecule has 6 nitrogen and oxygen atoms in total. The van der Waals surface area contributed by atoms with Crippen LogP contribution in [0.1, 0.15) is 2.85 Å². The molecule has 0 bridgehead atoms. The summed E-state index contributed by atoms with van der Waals surface area (Å²) in [6, 6.07) is 0. The molecule has 0 aromatic rings. The summed E-state index contributed by atoms with van der Waals surface area (Å²) in [4.78, 5) is 0. The van der Waals surface area contributed by atoms with E-state index in [2.05, 4.69) is 0 Å². The molecule has 12 heavy (non-hydrogen) atoms. The van der Waals surface area contributed by atoms with Crippen molar-refractivity contribution in [2.45, 2.75) is 0 Å². The van der Waals surface area contributed by atoms with Crippen molar-refractivity contribution in [2.24, 2.45) is 0 Å². The summed E-state index contributed by atoms with van der Waals surface area (Å²) in [6.45, 7) is 0. The van der Waals surface area contributed by atoms with E-state index in [-0.39, 0.29) is 40.6 Å². The van der Waals surface area contributed by atoms with E-state index in [1.54, 1.807) is 0 Å². The largest absolute Gasteiger partial charge is 1.00 e. The minimum absolute atomic E-state index is 0. The average Bonchev–Trinajstić information content (AvgIpc) is 1.57. The molecule has 0 aliphatic rings. The Balaban J connectivity index is -0.0000000675. The molecule has 0 fully saturated rings. The van der Waals surface area contributed by atoms with Crippen molar-refractivity contribution in [1.29, 1.82) is 0 Å². The van der Waals surface area contributed by atoms with Crippen LogP contribution in [0.25, 0.3) is 0 Å². The van der Waals surface area contributed by atoms with Crippen LogP contribution in [0.5, 0.6) is 0 Å². The van der Waals surface area contributed by atoms with Gasteiger partial charge in [0.25, 0.3) is 20.2 Å². The third kappa shape index (κ3) is 17.2. The summed E-state index contributed by atoms with van der Waals surface area (Å²) >= 11 is 0. The van der Waals surface area contributed by atoms with Crippen LogP contribution in [0, 0.1) is 0 Å². The molecule has 0 unspecified atom stereocenters. The van der Waals surface area contributed by atoms with Crippen LogP contribution in [0.2, 0.25) is 0 Å². The SMILES string of the molecule is O=S(=O)(O)CCS(=O)(=O)O.[H-].[H-].[Li+].[Li+]. The molecule has 0 rings (SSSR count). The maximum absolute atomic E-state index is 9.86. The zero-order chi connectivity index (χ0) is 8.41. The minimum Gasteiger partial charge on any atom is -1.00 e. The standard InChI is InChI=1S/C2H6O6S2.2Li.2H/c3-9(4,5)1-2-10(6,7)8;;;;/h1-2H2,(H,3,4,5)(H,6,7,8);;;;/q;2*+1;2*-1. The maximum Gasteiger partial charge on any atom is 1.00 e. The second-order valence-electron chi connectivity index (χ2n) is 1.57. The fourth-order valence-corrected chi connectivity index (χ4v) is 1.90. The van der Waals surface area contributed by atoms with Gasteiger partial charge in [-0.05, 0) is 0 Å². The van der Waals surface area contributed by atoms with E-state index in [1.165, 1.54) is 0 Å². The summed E-state index contributed by atoms with van der Waals surface area (Å²) in [5.41, 5.74) is 0. The van der Waals surface area contributed by atoms with Crippen LogP contribution in [-0.4, -0.2) is 37.4 Å². The van der Waals surface area contributed by atoms with Gasteiger partial charge in [-0.25, -0.2) is 0 Å². The molecule has 0 spiro atoms.